The summed E-state index contributed by atoms with van der Waals surface area (Å²) < 4.78 is 19.4. The molecule has 0 fully saturated rings. The van der Waals surface area contributed by atoms with Crippen LogP contribution >= 0.6 is 15.9 Å². The van der Waals surface area contributed by atoms with Gasteiger partial charge >= 0.3 is 0 Å². The molecule has 0 amide bonds. The summed E-state index contributed by atoms with van der Waals surface area (Å²) in [4.78, 5) is 3.84. The van der Waals surface area contributed by atoms with E-state index in [0.29, 0.717) is 5.69 Å². The van der Waals surface area contributed by atoms with Gasteiger partial charge in [0.05, 0.1) is 6.20 Å². The molecule has 70 valence electrons. The number of aromatic nitrogens is 1. The molecular weight excluding hydrogens is 258 g/mol. The Labute approximate surface area is 85.7 Å². The van der Waals surface area contributed by atoms with E-state index in [0.717, 1.165) is 4.47 Å². The quantitative estimate of drug-likeness (QED) is 0.671. The van der Waals surface area contributed by atoms with Gasteiger partial charge in [-0.15, -0.1) is 0 Å². The predicted molar refractivity (Wildman–Crippen MR) is 52.1 cm³/mol. The third-order valence-corrected chi connectivity index (χ3v) is 1.81. The second kappa shape index (κ2) is 5.15. The monoisotopic (exact) mass is 263 g/mol. The highest BCUT2D eigenvalue weighted by Crippen LogP contribution is 2.16. The smallest absolute Gasteiger partial charge is 0.177 e. The van der Waals surface area contributed by atoms with Gasteiger partial charge in [0.25, 0.3) is 0 Å². The fourth-order valence-corrected chi connectivity index (χ4v) is 1.12. The van der Waals surface area contributed by atoms with Crippen LogP contribution in [0.5, 0.6) is 0 Å². The molecule has 0 spiro atoms. The highest BCUT2D eigenvalue weighted by atomic mass is 79.9. The zero-order chi connectivity index (χ0) is 9.68. The molecule has 1 aromatic heterocycles. The van der Waals surface area contributed by atoms with E-state index in [1.54, 1.807) is 12.3 Å². The SMILES string of the molecule is O=S(O)CN=Nc1cncc(Br)c1. The van der Waals surface area contributed by atoms with Crippen molar-refractivity contribution in [2.24, 2.45) is 10.2 Å². The van der Waals surface area contributed by atoms with Crippen LogP contribution in [-0.4, -0.2) is 19.6 Å². The largest absolute Gasteiger partial charge is 0.305 e. The van der Waals surface area contributed by atoms with Crippen molar-refractivity contribution in [3.05, 3.63) is 22.9 Å². The number of nitrogens with zero attached hydrogens (tertiary/aromatic N) is 3. The highest BCUT2D eigenvalue weighted by molar-refractivity contribution is 9.10. The lowest BCUT2D eigenvalue weighted by atomic mass is 10.4. The summed E-state index contributed by atoms with van der Waals surface area (Å²) in [5.41, 5.74) is 0.542. The second-order valence-electron chi connectivity index (χ2n) is 2.05. The molecular formula is C6H6BrN3O2S. The van der Waals surface area contributed by atoms with Crippen molar-refractivity contribution in [1.82, 2.24) is 4.98 Å². The van der Waals surface area contributed by atoms with Gasteiger partial charge in [-0.2, -0.15) is 10.2 Å². The van der Waals surface area contributed by atoms with Crippen molar-refractivity contribution in [2.45, 2.75) is 0 Å². The van der Waals surface area contributed by atoms with Crippen LogP contribution in [0.4, 0.5) is 5.69 Å². The minimum absolute atomic E-state index is 0.216. The van der Waals surface area contributed by atoms with Crippen molar-refractivity contribution in [1.29, 1.82) is 0 Å². The zero-order valence-corrected chi connectivity index (χ0v) is 8.82. The minimum Gasteiger partial charge on any atom is -0.305 e. The van der Waals surface area contributed by atoms with Crippen molar-refractivity contribution in [3.8, 4) is 0 Å². The Morgan fingerprint density at radius 1 is 1.62 bits per heavy atom. The molecule has 0 aromatic carbocycles. The maximum absolute atomic E-state index is 10.2. The third-order valence-electron chi connectivity index (χ3n) is 1.04. The first-order valence-electron chi connectivity index (χ1n) is 3.24. The first kappa shape index (κ1) is 10.4. The third kappa shape index (κ3) is 4.20. The zero-order valence-electron chi connectivity index (χ0n) is 6.42. The van der Waals surface area contributed by atoms with Crippen LogP contribution in [0.1, 0.15) is 0 Å². The summed E-state index contributed by atoms with van der Waals surface area (Å²) in [5, 5.41) is 7.18. The molecule has 0 saturated carbocycles. The Hall–Kier alpha value is -0.660. The van der Waals surface area contributed by atoms with Crippen LogP contribution in [0.15, 0.2) is 33.2 Å². The molecule has 0 aliphatic rings. The van der Waals surface area contributed by atoms with Crippen LogP contribution in [-0.2, 0) is 11.1 Å². The normalized spacial score (nSPS) is 13.4. The van der Waals surface area contributed by atoms with Crippen LogP contribution < -0.4 is 0 Å². The summed E-state index contributed by atoms with van der Waals surface area (Å²) in [5.74, 6) is -0.216. The molecule has 1 aromatic rings. The Morgan fingerprint density at radius 2 is 2.38 bits per heavy atom. The van der Waals surface area contributed by atoms with Gasteiger partial charge in [-0.25, -0.2) is 4.21 Å². The van der Waals surface area contributed by atoms with E-state index < -0.39 is 11.1 Å². The van der Waals surface area contributed by atoms with Crippen molar-refractivity contribution < 1.29 is 8.76 Å². The van der Waals surface area contributed by atoms with E-state index >= 15 is 0 Å². The Kier molecular flexibility index (Phi) is 4.13. The van der Waals surface area contributed by atoms with Crippen molar-refractivity contribution in [2.75, 3.05) is 5.88 Å². The summed E-state index contributed by atoms with van der Waals surface area (Å²) in [6.45, 7) is 0. The van der Waals surface area contributed by atoms with Crippen molar-refractivity contribution in [3.63, 3.8) is 0 Å². The van der Waals surface area contributed by atoms with Gasteiger partial charge in [-0.1, -0.05) is 0 Å². The van der Waals surface area contributed by atoms with Gasteiger partial charge < -0.3 is 4.55 Å². The number of hydrogen-bond donors (Lipinski definition) is 1. The van der Waals surface area contributed by atoms with Gasteiger partial charge in [0.2, 0.25) is 0 Å². The van der Waals surface area contributed by atoms with Crippen LogP contribution in [0.3, 0.4) is 0 Å². The van der Waals surface area contributed by atoms with E-state index in [4.69, 9.17) is 4.55 Å². The summed E-state index contributed by atoms with van der Waals surface area (Å²) >= 11 is 1.27. The molecule has 0 saturated heterocycles. The van der Waals surface area contributed by atoms with E-state index in [-0.39, 0.29) is 5.88 Å². The van der Waals surface area contributed by atoms with Gasteiger partial charge in [0.15, 0.2) is 17.0 Å². The molecule has 5 nitrogen and oxygen atoms in total. The molecule has 0 aliphatic heterocycles. The number of halogens is 1. The Balaban J connectivity index is 2.63. The predicted octanol–water partition coefficient (Wildman–Crippen LogP) is 2.11. The Bertz CT molecular complexity index is 344. The molecule has 13 heavy (non-hydrogen) atoms. The maximum atomic E-state index is 10.2. The molecule has 0 bridgehead atoms. The highest BCUT2D eigenvalue weighted by Gasteiger charge is 1.92. The number of hydrogen-bond acceptors (Lipinski definition) is 4. The van der Waals surface area contributed by atoms with Crippen LogP contribution in [0, 0.1) is 0 Å². The van der Waals surface area contributed by atoms with E-state index in [1.807, 2.05) is 0 Å². The van der Waals surface area contributed by atoms with Gasteiger partial charge in [0.1, 0.15) is 5.69 Å². The number of rotatable bonds is 3. The first-order chi connectivity index (χ1) is 6.18. The van der Waals surface area contributed by atoms with Gasteiger partial charge in [-0.05, 0) is 22.0 Å². The summed E-state index contributed by atoms with van der Waals surface area (Å²) in [7, 11) is 0. The average Bonchev–Trinajstić information content (AvgIpc) is 2.03. The standard InChI is InChI=1S/C6H6BrN3O2S/c7-5-1-6(3-8-2-5)10-9-4-13(11)12/h1-3H,4H2,(H,11,12). The average molecular weight is 264 g/mol. The second-order valence-corrected chi connectivity index (χ2v) is 3.87. The van der Waals surface area contributed by atoms with Crippen LogP contribution in [0.2, 0.25) is 0 Å². The molecule has 1 heterocycles. The first-order valence-corrected chi connectivity index (χ1v) is 5.31. The fraction of sp³-hybridized carbons (Fsp3) is 0.167. The molecule has 7 heteroatoms. The maximum Gasteiger partial charge on any atom is 0.177 e. The molecule has 1 N–H and O–H groups in total. The lowest BCUT2D eigenvalue weighted by molar-refractivity contribution is 0.564. The minimum atomic E-state index is -1.94. The summed E-state index contributed by atoms with van der Waals surface area (Å²) in [6.07, 6.45) is 3.12. The van der Waals surface area contributed by atoms with Gasteiger partial charge in [-0.3, -0.25) is 4.98 Å². The van der Waals surface area contributed by atoms with E-state index in [1.165, 1.54) is 6.20 Å². The molecule has 0 aliphatic carbocycles. The Morgan fingerprint density at radius 3 is 3.00 bits per heavy atom. The number of azo groups is 1. The molecule has 1 rings (SSSR count). The fourth-order valence-electron chi connectivity index (χ4n) is 0.615. The van der Waals surface area contributed by atoms with Crippen LogP contribution in [0.25, 0.3) is 0 Å². The van der Waals surface area contributed by atoms with Gasteiger partial charge in [0, 0.05) is 10.7 Å². The van der Waals surface area contributed by atoms with Crippen molar-refractivity contribution >= 4 is 32.7 Å². The topological polar surface area (TPSA) is 74.9 Å². The van der Waals surface area contributed by atoms with E-state index in [2.05, 4.69) is 31.1 Å². The molecule has 1 atom stereocenters. The van der Waals surface area contributed by atoms with E-state index in [9.17, 15) is 4.21 Å². The summed E-state index contributed by atoms with van der Waals surface area (Å²) in [6, 6.07) is 1.71. The number of pyridine rings is 1. The lowest BCUT2D eigenvalue weighted by Crippen LogP contribution is -1.88. The molecule has 1 unspecified atom stereocenters. The lowest BCUT2D eigenvalue weighted by Gasteiger charge is -1.91. The molecule has 0 radical (unpaired) electrons.